The van der Waals surface area contributed by atoms with Crippen molar-refractivity contribution in [3.8, 4) is 0 Å². The van der Waals surface area contributed by atoms with Crippen molar-refractivity contribution in [2.45, 2.75) is 17.5 Å². The lowest BCUT2D eigenvalue weighted by atomic mass is 10.0. The summed E-state index contributed by atoms with van der Waals surface area (Å²) in [5, 5.41) is 4.16. The molecule has 0 aliphatic heterocycles. The minimum atomic E-state index is -0.397. The first-order valence-corrected chi connectivity index (χ1v) is 11.2. The lowest BCUT2D eigenvalue weighted by molar-refractivity contribution is 0.183. The fourth-order valence-electron chi connectivity index (χ4n) is 3.91. The number of hydrogen-bond acceptors (Lipinski definition) is 6. The van der Waals surface area contributed by atoms with Gasteiger partial charge in [-0.25, -0.2) is 9.78 Å². The third-order valence-electron chi connectivity index (χ3n) is 5.42. The van der Waals surface area contributed by atoms with Crippen molar-refractivity contribution in [3.05, 3.63) is 93.1 Å². The van der Waals surface area contributed by atoms with Crippen molar-refractivity contribution >= 4 is 44.4 Å². The molecule has 5 rings (SSSR count). The number of hydrogen-bond donors (Lipinski definition) is 0. The molecule has 0 atom stereocenters. The molecule has 2 heterocycles. The molecule has 32 heavy (non-hydrogen) atoms. The van der Waals surface area contributed by atoms with E-state index in [0.717, 1.165) is 21.7 Å². The highest BCUT2D eigenvalue weighted by molar-refractivity contribution is 7.98. The van der Waals surface area contributed by atoms with Crippen LogP contribution < -0.4 is 11.2 Å². The SMILES string of the molecule is COCCn1c(SCc2cc(=O)oc3ccc4ccccc4c23)nc2ccccc2c1=O. The van der Waals surface area contributed by atoms with E-state index in [2.05, 4.69) is 0 Å². The zero-order valence-electron chi connectivity index (χ0n) is 17.4. The average molecular weight is 445 g/mol. The van der Waals surface area contributed by atoms with Gasteiger partial charge in [-0.3, -0.25) is 9.36 Å². The molecule has 0 saturated heterocycles. The van der Waals surface area contributed by atoms with Gasteiger partial charge in [0.15, 0.2) is 5.16 Å². The van der Waals surface area contributed by atoms with Gasteiger partial charge >= 0.3 is 5.63 Å². The summed E-state index contributed by atoms with van der Waals surface area (Å²) in [6, 6.07) is 20.6. The van der Waals surface area contributed by atoms with Crippen molar-refractivity contribution < 1.29 is 9.15 Å². The zero-order valence-corrected chi connectivity index (χ0v) is 18.2. The van der Waals surface area contributed by atoms with Gasteiger partial charge in [0, 0.05) is 24.3 Å². The van der Waals surface area contributed by atoms with E-state index in [-0.39, 0.29) is 5.56 Å². The third kappa shape index (κ3) is 3.70. The number of methoxy groups -OCH3 is 1. The fourth-order valence-corrected chi connectivity index (χ4v) is 4.92. The summed E-state index contributed by atoms with van der Waals surface area (Å²) < 4.78 is 12.3. The summed E-state index contributed by atoms with van der Waals surface area (Å²) >= 11 is 1.43. The highest BCUT2D eigenvalue weighted by atomic mass is 32.2. The van der Waals surface area contributed by atoms with E-state index in [0.29, 0.717) is 40.5 Å². The number of ether oxygens (including phenoxy) is 1. The molecule has 0 saturated carbocycles. The van der Waals surface area contributed by atoms with Crippen LogP contribution in [0.3, 0.4) is 0 Å². The van der Waals surface area contributed by atoms with Crippen LogP contribution in [0.5, 0.6) is 0 Å². The van der Waals surface area contributed by atoms with Crippen molar-refractivity contribution in [2.24, 2.45) is 0 Å². The Morgan fingerprint density at radius 1 is 1.00 bits per heavy atom. The number of thioether (sulfide) groups is 1. The second kappa shape index (κ2) is 8.61. The molecule has 0 spiro atoms. The van der Waals surface area contributed by atoms with Gasteiger partial charge in [-0.1, -0.05) is 54.2 Å². The lowest BCUT2D eigenvalue weighted by Gasteiger charge is -2.13. The molecule has 0 aliphatic carbocycles. The molecule has 3 aromatic carbocycles. The van der Waals surface area contributed by atoms with E-state index < -0.39 is 5.63 Å². The van der Waals surface area contributed by atoms with Crippen LogP contribution in [0.25, 0.3) is 32.6 Å². The topological polar surface area (TPSA) is 74.3 Å². The van der Waals surface area contributed by atoms with Gasteiger partial charge in [-0.2, -0.15) is 0 Å². The van der Waals surface area contributed by atoms with Crippen LogP contribution >= 0.6 is 11.8 Å². The van der Waals surface area contributed by atoms with Crippen molar-refractivity contribution in [1.82, 2.24) is 9.55 Å². The van der Waals surface area contributed by atoms with E-state index >= 15 is 0 Å². The molecule has 0 unspecified atom stereocenters. The molecule has 0 fully saturated rings. The Morgan fingerprint density at radius 2 is 1.78 bits per heavy atom. The van der Waals surface area contributed by atoms with Gasteiger partial charge in [-0.05, 0) is 34.5 Å². The number of para-hydroxylation sites is 1. The van der Waals surface area contributed by atoms with Crippen LogP contribution in [0.2, 0.25) is 0 Å². The maximum Gasteiger partial charge on any atom is 0.336 e. The smallest absolute Gasteiger partial charge is 0.336 e. The molecule has 0 bridgehead atoms. The van der Waals surface area contributed by atoms with E-state index in [4.69, 9.17) is 14.1 Å². The highest BCUT2D eigenvalue weighted by Gasteiger charge is 2.14. The van der Waals surface area contributed by atoms with Crippen LogP contribution in [0.4, 0.5) is 0 Å². The first kappa shape index (κ1) is 20.5. The zero-order chi connectivity index (χ0) is 22.1. The molecule has 0 radical (unpaired) electrons. The van der Waals surface area contributed by atoms with Gasteiger partial charge in [0.25, 0.3) is 5.56 Å². The second-order valence-corrected chi connectivity index (χ2v) is 8.34. The lowest BCUT2D eigenvalue weighted by Crippen LogP contribution is -2.25. The molecule has 0 N–H and O–H groups in total. The minimum absolute atomic E-state index is 0.0990. The standard InChI is InChI=1S/C25H20N2O4S/c1-30-13-12-27-24(29)19-8-4-5-9-20(19)26-25(27)32-15-17-14-22(28)31-21-11-10-16-6-2-3-7-18(16)23(17)21/h2-11,14H,12-13,15H2,1H3. The number of nitrogens with zero attached hydrogens (tertiary/aromatic N) is 2. The maximum atomic E-state index is 13.1. The summed E-state index contributed by atoms with van der Waals surface area (Å²) in [6.45, 7) is 0.798. The molecule has 5 aromatic rings. The van der Waals surface area contributed by atoms with Crippen LogP contribution in [0.1, 0.15) is 5.56 Å². The van der Waals surface area contributed by atoms with Gasteiger partial charge in [0.1, 0.15) is 5.58 Å². The summed E-state index contributed by atoms with van der Waals surface area (Å²) in [6.07, 6.45) is 0. The van der Waals surface area contributed by atoms with E-state index in [9.17, 15) is 9.59 Å². The second-order valence-electron chi connectivity index (χ2n) is 7.40. The van der Waals surface area contributed by atoms with Crippen molar-refractivity contribution in [1.29, 1.82) is 0 Å². The minimum Gasteiger partial charge on any atom is -0.423 e. The first-order valence-electron chi connectivity index (χ1n) is 10.2. The molecular formula is C25H20N2O4S. The highest BCUT2D eigenvalue weighted by Crippen LogP contribution is 2.31. The predicted octanol–water partition coefficient (Wildman–Crippen LogP) is 4.59. The Hall–Kier alpha value is -3.42. The van der Waals surface area contributed by atoms with Gasteiger partial charge < -0.3 is 9.15 Å². The molecule has 6 nitrogen and oxygen atoms in total. The molecule has 0 aliphatic rings. The number of benzene rings is 3. The molecule has 160 valence electrons. The van der Waals surface area contributed by atoms with Crippen molar-refractivity contribution in [2.75, 3.05) is 13.7 Å². The average Bonchev–Trinajstić information content (AvgIpc) is 2.81. The molecule has 0 amide bonds. The summed E-state index contributed by atoms with van der Waals surface area (Å²) in [5.41, 5.74) is 1.55. The normalized spacial score (nSPS) is 11.5. The fraction of sp³-hybridized carbons (Fsp3) is 0.160. The van der Waals surface area contributed by atoms with Gasteiger partial charge in [0.05, 0.1) is 24.1 Å². The number of aromatic nitrogens is 2. The van der Waals surface area contributed by atoms with Crippen LogP contribution in [0.15, 0.2) is 85.9 Å². The number of fused-ring (bicyclic) bond motifs is 4. The van der Waals surface area contributed by atoms with E-state index in [1.165, 1.54) is 17.8 Å². The Morgan fingerprint density at radius 3 is 2.62 bits per heavy atom. The van der Waals surface area contributed by atoms with E-state index in [1.54, 1.807) is 17.7 Å². The summed E-state index contributed by atoms with van der Waals surface area (Å²) in [5.74, 6) is 0.466. The van der Waals surface area contributed by atoms with Crippen LogP contribution in [-0.4, -0.2) is 23.3 Å². The Balaban J connectivity index is 1.62. The Labute approximate surface area is 187 Å². The molecular weight excluding hydrogens is 424 g/mol. The molecule has 2 aromatic heterocycles. The van der Waals surface area contributed by atoms with Crippen LogP contribution in [-0.2, 0) is 17.0 Å². The van der Waals surface area contributed by atoms with Gasteiger partial charge in [0.2, 0.25) is 0 Å². The summed E-state index contributed by atoms with van der Waals surface area (Å²) in [7, 11) is 1.60. The summed E-state index contributed by atoms with van der Waals surface area (Å²) in [4.78, 5) is 30.1. The Bertz CT molecular complexity index is 1570. The van der Waals surface area contributed by atoms with Crippen molar-refractivity contribution in [3.63, 3.8) is 0 Å². The first-order chi connectivity index (χ1) is 15.7. The largest absolute Gasteiger partial charge is 0.423 e. The monoisotopic (exact) mass is 444 g/mol. The quantitative estimate of drug-likeness (QED) is 0.165. The predicted molar refractivity (Wildman–Crippen MR) is 127 cm³/mol. The van der Waals surface area contributed by atoms with E-state index in [1.807, 2.05) is 54.6 Å². The molecule has 7 heteroatoms. The Kier molecular flexibility index (Phi) is 5.51. The van der Waals surface area contributed by atoms with Gasteiger partial charge in [-0.15, -0.1) is 0 Å². The van der Waals surface area contributed by atoms with Crippen LogP contribution in [0, 0.1) is 0 Å². The maximum absolute atomic E-state index is 13.1. The third-order valence-corrected chi connectivity index (χ3v) is 6.44. The number of rotatable bonds is 6.